The third-order valence-corrected chi connectivity index (χ3v) is 3.37. The van der Waals surface area contributed by atoms with Gasteiger partial charge in [0.1, 0.15) is 11.5 Å². The Morgan fingerprint density at radius 1 is 1.30 bits per heavy atom. The summed E-state index contributed by atoms with van der Waals surface area (Å²) >= 11 is 6.12. The molecule has 3 aromatic rings. The van der Waals surface area contributed by atoms with E-state index >= 15 is 0 Å². The van der Waals surface area contributed by atoms with E-state index in [2.05, 4.69) is 25.9 Å². The van der Waals surface area contributed by atoms with E-state index in [0.717, 1.165) is 27.7 Å². The molecule has 3 rings (SSSR count). The van der Waals surface area contributed by atoms with Gasteiger partial charge >= 0.3 is 0 Å². The Morgan fingerprint density at radius 3 is 3.00 bits per heavy atom. The standard InChI is InChI=1S/C13H12ClN5O/c1-8-10(3-2-4-11(8)14)12-6-5-9(20-12)7-15-13-16-18-19-17-13/h2-6H,7H2,1H3,(H2,15,16,17,18,19). The second kappa shape index (κ2) is 5.34. The van der Waals surface area contributed by atoms with Crippen LogP contribution in [-0.2, 0) is 6.54 Å². The lowest BCUT2D eigenvalue weighted by molar-refractivity contribution is 0.530. The van der Waals surface area contributed by atoms with Crippen molar-refractivity contribution in [3.63, 3.8) is 0 Å². The lowest BCUT2D eigenvalue weighted by atomic mass is 10.1. The van der Waals surface area contributed by atoms with Crippen LogP contribution in [0.25, 0.3) is 11.3 Å². The van der Waals surface area contributed by atoms with Crippen LogP contribution in [0, 0.1) is 6.92 Å². The number of nitrogens with zero attached hydrogens (tertiary/aromatic N) is 3. The highest BCUT2D eigenvalue weighted by atomic mass is 35.5. The molecule has 6 nitrogen and oxygen atoms in total. The molecule has 20 heavy (non-hydrogen) atoms. The second-order valence-corrected chi connectivity index (χ2v) is 4.67. The summed E-state index contributed by atoms with van der Waals surface area (Å²) in [5.41, 5.74) is 1.99. The van der Waals surface area contributed by atoms with Gasteiger partial charge in [-0.3, -0.25) is 0 Å². The summed E-state index contributed by atoms with van der Waals surface area (Å²) in [6.07, 6.45) is 0. The topological polar surface area (TPSA) is 79.6 Å². The molecule has 2 heterocycles. The normalized spacial score (nSPS) is 10.7. The number of hydrogen-bond donors (Lipinski definition) is 2. The van der Waals surface area contributed by atoms with Gasteiger partial charge in [0, 0.05) is 10.6 Å². The van der Waals surface area contributed by atoms with E-state index in [1.165, 1.54) is 0 Å². The predicted octanol–water partition coefficient (Wildman–Crippen LogP) is 3.03. The minimum atomic E-state index is 0.432. The molecule has 102 valence electrons. The molecule has 0 bridgehead atoms. The van der Waals surface area contributed by atoms with Crippen molar-refractivity contribution in [1.82, 2.24) is 20.6 Å². The molecule has 0 amide bonds. The Hall–Kier alpha value is -2.34. The van der Waals surface area contributed by atoms with Gasteiger partial charge in [-0.1, -0.05) is 28.8 Å². The Kier molecular flexibility index (Phi) is 3.39. The van der Waals surface area contributed by atoms with Gasteiger partial charge in [0.15, 0.2) is 0 Å². The van der Waals surface area contributed by atoms with Gasteiger partial charge in [-0.15, -0.1) is 5.10 Å². The number of aromatic amines is 1. The van der Waals surface area contributed by atoms with Gasteiger partial charge in [-0.25, -0.2) is 0 Å². The van der Waals surface area contributed by atoms with Crippen molar-refractivity contribution >= 4 is 17.5 Å². The van der Waals surface area contributed by atoms with Crippen LogP contribution in [0.15, 0.2) is 34.7 Å². The average Bonchev–Trinajstić information content (AvgIpc) is 3.10. The third-order valence-electron chi connectivity index (χ3n) is 2.96. The number of halogens is 1. The average molecular weight is 290 g/mol. The molecule has 0 saturated heterocycles. The quantitative estimate of drug-likeness (QED) is 0.772. The highest BCUT2D eigenvalue weighted by Gasteiger charge is 2.09. The Bertz CT molecular complexity index is 707. The number of tetrazole rings is 1. The maximum Gasteiger partial charge on any atom is 0.263 e. The van der Waals surface area contributed by atoms with Gasteiger partial charge in [0.2, 0.25) is 0 Å². The Balaban J connectivity index is 1.78. The van der Waals surface area contributed by atoms with Crippen LogP contribution in [0.4, 0.5) is 5.95 Å². The summed E-state index contributed by atoms with van der Waals surface area (Å²) in [4.78, 5) is 0. The zero-order chi connectivity index (χ0) is 13.9. The molecule has 0 spiro atoms. The fraction of sp³-hybridized carbons (Fsp3) is 0.154. The molecular weight excluding hydrogens is 278 g/mol. The van der Waals surface area contributed by atoms with Crippen LogP contribution < -0.4 is 5.32 Å². The van der Waals surface area contributed by atoms with Crippen molar-refractivity contribution < 1.29 is 4.42 Å². The molecule has 0 radical (unpaired) electrons. The zero-order valence-corrected chi connectivity index (χ0v) is 11.5. The molecule has 2 N–H and O–H groups in total. The molecule has 0 aliphatic rings. The van der Waals surface area contributed by atoms with E-state index in [1.807, 2.05) is 37.3 Å². The number of aromatic nitrogens is 4. The maximum absolute atomic E-state index is 6.12. The predicted molar refractivity (Wildman–Crippen MR) is 75.4 cm³/mol. The highest BCUT2D eigenvalue weighted by Crippen LogP contribution is 2.29. The first kappa shape index (κ1) is 12.7. The lowest BCUT2D eigenvalue weighted by Gasteiger charge is -2.04. The van der Waals surface area contributed by atoms with Crippen molar-refractivity contribution in [2.45, 2.75) is 13.5 Å². The van der Waals surface area contributed by atoms with Crippen LogP contribution in [-0.4, -0.2) is 20.6 Å². The van der Waals surface area contributed by atoms with Gasteiger partial charge < -0.3 is 9.73 Å². The number of furan rings is 1. The SMILES string of the molecule is Cc1c(Cl)cccc1-c1ccc(CNc2nn[nH]n2)o1. The summed E-state index contributed by atoms with van der Waals surface area (Å²) in [5.74, 6) is 2.00. The van der Waals surface area contributed by atoms with E-state index in [1.54, 1.807) is 0 Å². The number of anilines is 1. The number of nitrogens with one attached hydrogen (secondary N) is 2. The van der Waals surface area contributed by atoms with Crippen LogP contribution in [0.1, 0.15) is 11.3 Å². The zero-order valence-electron chi connectivity index (χ0n) is 10.7. The van der Waals surface area contributed by atoms with Gasteiger partial charge in [0.05, 0.1) is 6.54 Å². The summed E-state index contributed by atoms with van der Waals surface area (Å²) < 4.78 is 5.80. The maximum atomic E-state index is 6.12. The monoisotopic (exact) mass is 289 g/mol. The van der Waals surface area contributed by atoms with Gasteiger partial charge in [-0.2, -0.15) is 5.21 Å². The first-order valence-corrected chi connectivity index (χ1v) is 6.43. The van der Waals surface area contributed by atoms with Crippen molar-refractivity contribution in [2.75, 3.05) is 5.32 Å². The molecule has 0 unspecified atom stereocenters. The summed E-state index contributed by atoms with van der Waals surface area (Å²) in [5, 5.41) is 17.2. The van der Waals surface area contributed by atoms with E-state index in [0.29, 0.717) is 12.5 Å². The Labute approximate surface area is 120 Å². The molecule has 0 fully saturated rings. The van der Waals surface area contributed by atoms with Gasteiger partial charge in [0.25, 0.3) is 5.95 Å². The molecule has 0 saturated carbocycles. The van der Waals surface area contributed by atoms with E-state index < -0.39 is 0 Å². The minimum absolute atomic E-state index is 0.432. The highest BCUT2D eigenvalue weighted by molar-refractivity contribution is 6.31. The lowest BCUT2D eigenvalue weighted by Crippen LogP contribution is -1.99. The molecule has 0 aliphatic carbocycles. The van der Waals surface area contributed by atoms with Crippen molar-refractivity contribution in [3.8, 4) is 11.3 Å². The number of H-pyrrole nitrogens is 1. The van der Waals surface area contributed by atoms with Crippen molar-refractivity contribution in [3.05, 3.63) is 46.7 Å². The van der Waals surface area contributed by atoms with Gasteiger partial charge in [-0.05, 0) is 35.9 Å². The van der Waals surface area contributed by atoms with E-state index in [9.17, 15) is 0 Å². The van der Waals surface area contributed by atoms with Crippen molar-refractivity contribution in [1.29, 1.82) is 0 Å². The summed E-state index contributed by atoms with van der Waals surface area (Å²) in [6.45, 7) is 2.45. The summed E-state index contributed by atoms with van der Waals surface area (Å²) in [6, 6.07) is 9.58. The van der Waals surface area contributed by atoms with Crippen LogP contribution in [0.5, 0.6) is 0 Å². The fourth-order valence-corrected chi connectivity index (χ4v) is 2.07. The molecular formula is C13H12ClN5O. The molecule has 1 aromatic carbocycles. The largest absolute Gasteiger partial charge is 0.459 e. The first-order valence-electron chi connectivity index (χ1n) is 6.05. The molecule has 2 aromatic heterocycles. The Morgan fingerprint density at radius 2 is 2.20 bits per heavy atom. The van der Waals surface area contributed by atoms with E-state index in [4.69, 9.17) is 16.0 Å². The second-order valence-electron chi connectivity index (χ2n) is 4.27. The number of hydrogen-bond acceptors (Lipinski definition) is 5. The molecule has 0 aliphatic heterocycles. The van der Waals surface area contributed by atoms with E-state index in [-0.39, 0.29) is 0 Å². The van der Waals surface area contributed by atoms with Crippen molar-refractivity contribution in [2.24, 2.45) is 0 Å². The molecule has 0 atom stereocenters. The fourth-order valence-electron chi connectivity index (χ4n) is 1.89. The smallest absolute Gasteiger partial charge is 0.263 e. The summed E-state index contributed by atoms with van der Waals surface area (Å²) in [7, 11) is 0. The third kappa shape index (κ3) is 2.50. The van der Waals surface area contributed by atoms with Crippen LogP contribution in [0.2, 0.25) is 5.02 Å². The van der Waals surface area contributed by atoms with Crippen LogP contribution in [0.3, 0.4) is 0 Å². The number of rotatable bonds is 4. The first-order chi connectivity index (χ1) is 9.74. The molecule has 7 heteroatoms. The number of benzene rings is 1. The van der Waals surface area contributed by atoms with Crippen LogP contribution >= 0.6 is 11.6 Å². The minimum Gasteiger partial charge on any atom is -0.459 e.